The molecular weight excluding hydrogens is 237 g/mol. The Morgan fingerprint density at radius 1 is 1.07 bits per heavy atom. The van der Waals surface area contributed by atoms with Crippen LogP contribution in [0.2, 0.25) is 10.0 Å². The van der Waals surface area contributed by atoms with Crippen molar-refractivity contribution in [2.45, 2.75) is 12.6 Å². The largest absolute Gasteiger partial charge is 0.395 e. The van der Waals surface area contributed by atoms with Crippen LogP contribution in [0, 0.1) is 0 Å². The van der Waals surface area contributed by atoms with Crippen LogP contribution in [0.1, 0.15) is 5.56 Å². The van der Waals surface area contributed by atoms with Crippen molar-refractivity contribution in [3.63, 3.8) is 0 Å². The highest BCUT2D eigenvalue weighted by atomic mass is 35.5. The van der Waals surface area contributed by atoms with Crippen molar-refractivity contribution in [1.29, 1.82) is 0 Å². The van der Waals surface area contributed by atoms with E-state index in [1.807, 2.05) is 0 Å². The van der Waals surface area contributed by atoms with Gasteiger partial charge in [-0.3, -0.25) is 0 Å². The highest BCUT2D eigenvalue weighted by molar-refractivity contribution is 6.34. The Kier molecular flexibility index (Phi) is 5.36. The molecule has 0 fully saturated rings. The molecule has 1 rings (SSSR count). The van der Waals surface area contributed by atoms with Crippen LogP contribution in [0.3, 0.4) is 0 Å². The summed E-state index contributed by atoms with van der Waals surface area (Å²) in [6, 6.07) is 4.91. The summed E-state index contributed by atoms with van der Waals surface area (Å²) >= 11 is 11.6. The van der Waals surface area contributed by atoms with E-state index in [1.165, 1.54) is 0 Å². The molecule has 0 spiro atoms. The van der Waals surface area contributed by atoms with Gasteiger partial charge in [-0.2, -0.15) is 0 Å². The first-order valence-corrected chi connectivity index (χ1v) is 5.31. The van der Waals surface area contributed by atoms with E-state index < -0.39 is 0 Å². The summed E-state index contributed by atoms with van der Waals surface area (Å²) in [5, 5.41) is 21.8. The monoisotopic (exact) mass is 249 g/mol. The van der Waals surface area contributed by atoms with Crippen LogP contribution < -0.4 is 5.32 Å². The summed E-state index contributed by atoms with van der Waals surface area (Å²) in [5.74, 6) is 0. The molecule has 0 saturated carbocycles. The predicted octanol–water partition coefficient (Wildman–Crippen LogP) is 1.44. The van der Waals surface area contributed by atoms with E-state index in [1.54, 1.807) is 18.2 Å². The lowest BCUT2D eigenvalue weighted by atomic mass is 10.2. The lowest BCUT2D eigenvalue weighted by Gasteiger charge is -2.13. The smallest absolute Gasteiger partial charge is 0.0607 e. The molecule has 5 heteroatoms. The van der Waals surface area contributed by atoms with E-state index in [2.05, 4.69) is 5.32 Å². The number of halogens is 2. The van der Waals surface area contributed by atoms with Crippen molar-refractivity contribution in [3.05, 3.63) is 33.8 Å². The van der Waals surface area contributed by atoms with Crippen molar-refractivity contribution in [1.82, 2.24) is 5.32 Å². The van der Waals surface area contributed by atoms with Crippen LogP contribution in [-0.4, -0.2) is 29.5 Å². The van der Waals surface area contributed by atoms with Crippen LogP contribution in [0.4, 0.5) is 0 Å². The van der Waals surface area contributed by atoms with Gasteiger partial charge in [0.05, 0.1) is 19.3 Å². The van der Waals surface area contributed by atoms with Gasteiger partial charge in [-0.15, -0.1) is 0 Å². The number of aliphatic hydroxyl groups is 2. The van der Waals surface area contributed by atoms with Gasteiger partial charge in [-0.1, -0.05) is 23.2 Å². The molecule has 0 aliphatic heterocycles. The van der Waals surface area contributed by atoms with Crippen LogP contribution in [0.5, 0.6) is 0 Å². The third-order valence-electron chi connectivity index (χ3n) is 1.96. The molecule has 0 aliphatic carbocycles. The fraction of sp³-hybridized carbons (Fsp3) is 0.400. The summed E-state index contributed by atoms with van der Waals surface area (Å²) < 4.78 is 0. The van der Waals surface area contributed by atoms with E-state index in [0.717, 1.165) is 5.56 Å². The average Bonchev–Trinajstić information content (AvgIpc) is 2.18. The first kappa shape index (κ1) is 12.7. The lowest BCUT2D eigenvalue weighted by Crippen LogP contribution is -2.35. The number of aliphatic hydroxyl groups excluding tert-OH is 2. The predicted molar refractivity (Wildman–Crippen MR) is 61.3 cm³/mol. The zero-order valence-electron chi connectivity index (χ0n) is 8.08. The first-order valence-electron chi connectivity index (χ1n) is 4.55. The van der Waals surface area contributed by atoms with Crippen LogP contribution in [0.15, 0.2) is 18.2 Å². The van der Waals surface area contributed by atoms with Gasteiger partial charge in [-0.25, -0.2) is 0 Å². The standard InChI is InChI=1S/C10H13Cl2NO2/c11-8-1-7(2-9(12)3-8)4-13-10(5-14)6-15/h1-3,10,13-15H,4-6H2. The zero-order chi connectivity index (χ0) is 11.3. The number of hydrogen-bond acceptors (Lipinski definition) is 3. The first-order chi connectivity index (χ1) is 7.15. The van der Waals surface area contributed by atoms with Crippen LogP contribution >= 0.6 is 23.2 Å². The summed E-state index contributed by atoms with van der Waals surface area (Å²) in [6.07, 6.45) is 0. The molecule has 0 bridgehead atoms. The molecule has 1 aromatic carbocycles. The van der Waals surface area contributed by atoms with E-state index in [4.69, 9.17) is 33.4 Å². The zero-order valence-corrected chi connectivity index (χ0v) is 9.59. The van der Waals surface area contributed by atoms with Gasteiger partial charge in [0.15, 0.2) is 0 Å². The molecule has 0 aromatic heterocycles. The normalized spacial score (nSPS) is 11.0. The Hall–Kier alpha value is -0.320. The van der Waals surface area contributed by atoms with Crippen LogP contribution in [0.25, 0.3) is 0 Å². The molecule has 0 aliphatic rings. The third-order valence-corrected chi connectivity index (χ3v) is 2.39. The second-order valence-corrected chi connectivity index (χ2v) is 4.09. The van der Waals surface area contributed by atoms with E-state index >= 15 is 0 Å². The molecule has 15 heavy (non-hydrogen) atoms. The van der Waals surface area contributed by atoms with E-state index in [-0.39, 0.29) is 19.3 Å². The molecule has 0 radical (unpaired) electrons. The van der Waals surface area contributed by atoms with E-state index in [0.29, 0.717) is 16.6 Å². The maximum absolute atomic E-state index is 8.84. The van der Waals surface area contributed by atoms with Crippen molar-refractivity contribution in [3.8, 4) is 0 Å². The SMILES string of the molecule is OCC(CO)NCc1cc(Cl)cc(Cl)c1. The van der Waals surface area contributed by atoms with Crippen LogP contribution in [-0.2, 0) is 6.54 Å². The topological polar surface area (TPSA) is 52.5 Å². The van der Waals surface area contributed by atoms with Crippen molar-refractivity contribution < 1.29 is 10.2 Å². The molecule has 0 saturated heterocycles. The maximum Gasteiger partial charge on any atom is 0.0607 e. The van der Waals surface area contributed by atoms with Gasteiger partial charge in [-0.05, 0) is 23.8 Å². The van der Waals surface area contributed by atoms with Gasteiger partial charge < -0.3 is 15.5 Å². The van der Waals surface area contributed by atoms with Gasteiger partial charge in [0.1, 0.15) is 0 Å². The molecule has 1 aromatic rings. The summed E-state index contributed by atoms with van der Waals surface area (Å²) in [5.41, 5.74) is 0.916. The quantitative estimate of drug-likeness (QED) is 0.741. The summed E-state index contributed by atoms with van der Waals surface area (Å²) in [6.45, 7) is 0.293. The maximum atomic E-state index is 8.84. The molecule has 0 atom stereocenters. The fourth-order valence-electron chi connectivity index (χ4n) is 1.16. The molecule has 3 N–H and O–H groups in total. The molecule has 0 unspecified atom stereocenters. The second kappa shape index (κ2) is 6.30. The van der Waals surface area contributed by atoms with Gasteiger partial charge >= 0.3 is 0 Å². The number of rotatable bonds is 5. The minimum absolute atomic E-state index is 0.106. The van der Waals surface area contributed by atoms with Gasteiger partial charge in [0, 0.05) is 16.6 Å². The van der Waals surface area contributed by atoms with E-state index in [9.17, 15) is 0 Å². The summed E-state index contributed by atoms with van der Waals surface area (Å²) in [4.78, 5) is 0. The molecule has 3 nitrogen and oxygen atoms in total. The third kappa shape index (κ3) is 4.36. The number of hydrogen-bond donors (Lipinski definition) is 3. The van der Waals surface area contributed by atoms with Crippen molar-refractivity contribution in [2.24, 2.45) is 0 Å². The minimum atomic E-state index is -0.317. The molecule has 84 valence electrons. The lowest BCUT2D eigenvalue weighted by molar-refractivity contribution is 0.170. The Balaban J connectivity index is 2.57. The minimum Gasteiger partial charge on any atom is -0.395 e. The second-order valence-electron chi connectivity index (χ2n) is 3.22. The Bertz CT molecular complexity index is 296. The van der Waals surface area contributed by atoms with Gasteiger partial charge in [0.2, 0.25) is 0 Å². The van der Waals surface area contributed by atoms with Gasteiger partial charge in [0.25, 0.3) is 0 Å². The number of benzene rings is 1. The highest BCUT2D eigenvalue weighted by Crippen LogP contribution is 2.18. The molecule has 0 amide bonds. The Labute approximate surface area is 98.6 Å². The average molecular weight is 250 g/mol. The Morgan fingerprint density at radius 2 is 1.60 bits per heavy atom. The highest BCUT2D eigenvalue weighted by Gasteiger charge is 2.05. The molecular formula is C10H13Cl2NO2. The molecule has 0 heterocycles. The Morgan fingerprint density at radius 3 is 2.07 bits per heavy atom. The fourth-order valence-corrected chi connectivity index (χ4v) is 1.73. The summed E-state index contributed by atoms with van der Waals surface area (Å²) in [7, 11) is 0. The number of nitrogens with one attached hydrogen (secondary N) is 1. The van der Waals surface area contributed by atoms with Crippen molar-refractivity contribution in [2.75, 3.05) is 13.2 Å². The van der Waals surface area contributed by atoms with Crippen molar-refractivity contribution >= 4 is 23.2 Å².